The molecule has 0 radical (unpaired) electrons. The maximum atomic E-state index is 16.5. The van der Waals surface area contributed by atoms with Gasteiger partial charge in [0, 0.05) is 0 Å². The number of nitrogens with zero attached hydrogens (tertiary/aromatic N) is 4. The molecule has 0 atom stereocenters. The van der Waals surface area contributed by atoms with Crippen LogP contribution in [0.5, 0.6) is 0 Å². The molecule has 5 heterocycles. The van der Waals surface area contributed by atoms with E-state index >= 15 is 38.4 Å². The third-order valence-corrected chi connectivity index (χ3v) is 29.0. The molecule has 5 aromatic heterocycles. The average molecular weight is 1520 g/mol. The third-order valence-electron chi connectivity index (χ3n) is 26.3. The molecule has 12 nitrogen and oxygen atoms in total. The number of aromatic nitrogens is 4. The van der Waals surface area contributed by atoms with Gasteiger partial charge in [-0.2, -0.15) is 0 Å². The Bertz CT molecular complexity index is 6410. The molecule has 17 aromatic rings. The van der Waals surface area contributed by atoms with Crippen LogP contribution in [0.2, 0.25) is 0 Å². The van der Waals surface area contributed by atoms with E-state index in [4.69, 9.17) is 0 Å². The summed E-state index contributed by atoms with van der Waals surface area (Å²) in [7, 11) is 0. The molecule has 0 aliphatic carbocycles. The number of rotatable bonds is 36. The molecular formula is C96H104N4O8Se. The molecule has 0 aliphatic heterocycles. The van der Waals surface area contributed by atoms with Crippen molar-refractivity contribution in [1.29, 1.82) is 0 Å². The molecule has 0 fully saturated rings. The zero-order chi connectivity index (χ0) is 75.5. The van der Waals surface area contributed by atoms with E-state index in [1.54, 1.807) is 18.3 Å². The number of benzene rings is 12. The van der Waals surface area contributed by atoms with E-state index < -0.39 is 14.5 Å². The van der Waals surface area contributed by atoms with Gasteiger partial charge in [-0.1, -0.05) is 27.7 Å². The second-order valence-electron chi connectivity index (χ2n) is 33.0. The maximum absolute atomic E-state index is 16.5. The van der Waals surface area contributed by atoms with Crippen molar-refractivity contribution >= 4 is 185 Å². The summed E-state index contributed by atoms with van der Waals surface area (Å²) in [5.74, 6) is 0. The Labute approximate surface area is 639 Å². The second-order valence-corrected chi connectivity index (χ2v) is 35.2. The Balaban J connectivity index is 1.12. The molecule has 0 N–H and O–H groups in total. The number of hydrogen-bond acceptors (Lipinski definition) is 8. The first-order chi connectivity index (χ1) is 53.2. The fraction of sp³-hybridized carbons (Fsp3) is 0.458. The Morgan fingerprint density at radius 3 is 0.587 bits per heavy atom. The Morgan fingerprint density at radius 1 is 0.202 bits per heavy atom. The van der Waals surface area contributed by atoms with E-state index in [9.17, 15) is 0 Å². The van der Waals surface area contributed by atoms with Crippen LogP contribution in [0, 0.1) is 0 Å². The molecule has 109 heavy (non-hydrogen) atoms. The van der Waals surface area contributed by atoms with Gasteiger partial charge in [0.2, 0.25) is 0 Å². The normalized spacial score (nSPS) is 13.1. The second kappa shape index (κ2) is 29.6. The molecule has 0 spiro atoms. The van der Waals surface area contributed by atoms with Crippen molar-refractivity contribution < 1.29 is 0 Å². The van der Waals surface area contributed by atoms with Crippen molar-refractivity contribution in [1.82, 2.24) is 18.3 Å². The standard InChI is InChI=1S/C96H104N4O8Se/c1-9-17-25-33-53(34-26-18-10-2)97-89(101)61-45-41-57-59-43-47-63-75-71(95(107)99(91(63)103)55(37-29-21-13-5)38-30-22-14-6)51-67-83(79(59)75)81-65(49-69(93(97)105)73(61)77(57)81)85-86-66-50-70-74-62(90(102)98(94(70)106)54(35-27-19-11-3)36-28-20-12-4)46-42-58-60-44-48-64-76-72(52-68(88(86)109-87(67)85)84(80(60)76)82(66)78(58)74)96(108)100(92(64)104)56(39-31-23-15-7)40-32-24-16-8/h41-56H,9-40H2,1-8H3. The number of hydrogen-bond donors (Lipinski definition) is 0. The van der Waals surface area contributed by atoms with Gasteiger partial charge in [0.05, 0.1) is 0 Å². The predicted octanol–water partition coefficient (Wildman–Crippen LogP) is 23.6. The van der Waals surface area contributed by atoms with Gasteiger partial charge < -0.3 is 0 Å². The van der Waals surface area contributed by atoms with Crippen molar-refractivity contribution in [2.75, 3.05) is 0 Å². The average Bonchev–Trinajstić information content (AvgIpc) is 1.64. The first-order valence-electron chi connectivity index (χ1n) is 42.5. The molecule has 0 saturated heterocycles. The molecule has 0 saturated carbocycles. The van der Waals surface area contributed by atoms with Crippen LogP contribution in [0.15, 0.2) is 111 Å². The summed E-state index contributed by atoms with van der Waals surface area (Å²) in [6.07, 6.45) is 28.6. The molecule has 0 aliphatic rings. The van der Waals surface area contributed by atoms with Crippen LogP contribution >= 0.6 is 0 Å². The molecule has 17 rings (SSSR count). The first kappa shape index (κ1) is 73.2. The zero-order valence-corrected chi connectivity index (χ0v) is 67.0. The minimum atomic E-state index is -0.649. The van der Waals surface area contributed by atoms with Crippen molar-refractivity contribution in [3.05, 3.63) is 156 Å². The van der Waals surface area contributed by atoms with Gasteiger partial charge in [-0.25, -0.2) is 0 Å². The zero-order valence-electron chi connectivity index (χ0n) is 65.3. The van der Waals surface area contributed by atoms with Gasteiger partial charge in [-0.05, 0) is 0 Å². The van der Waals surface area contributed by atoms with Crippen molar-refractivity contribution in [2.24, 2.45) is 0 Å². The molecule has 562 valence electrons. The fourth-order valence-electron chi connectivity index (χ4n) is 21.0. The quantitative estimate of drug-likeness (QED) is 0.0163. The fourth-order valence-corrected chi connectivity index (χ4v) is 23.9. The van der Waals surface area contributed by atoms with Crippen LogP contribution in [0.1, 0.15) is 285 Å². The summed E-state index contributed by atoms with van der Waals surface area (Å²) in [5, 5.41) is 21.4. The van der Waals surface area contributed by atoms with Gasteiger partial charge >= 0.3 is 616 Å². The Morgan fingerprint density at radius 2 is 0.376 bits per heavy atom. The summed E-state index contributed by atoms with van der Waals surface area (Å²) >= 11 is -0.649. The number of pyridine rings is 4. The summed E-state index contributed by atoms with van der Waals surface area (Å²) in [5.41, 5.74) is -2.33. The van der Waals surface area contributed by atoms with E-state index in [2.05, 4.69) is 104 Å². The number of fused-ring (bicyclic) bond motifs is 9. The van der Waals surface area contributed by atoms with Gasteiger partial charge in [0.15, 0.2) is 0 Å². The van der Waals surface area contributed by atoms with Crippen molar-refractivity contribution in [3.63, 3.8) is 0 Å². The van der Waals surface area contributed by atoms with Gasteiger partial charge in [0.25, 0.3) is 0 Å². The van der Waals surface area contributed by atoms with E-state index in [1.807, 2.05) is 24.3 Å². The minimum absolute atomic E-state index is 0.276. The van der Waals surface area contributed by atoms with Crippen molar-refractivity contribution in [3.8, 4) is 0 Å². The summed E-state index contributed by atoms with van der Waals surface area (Å²) < 4.78 is 8.44. The molecule has 0 amide bonds. The van der Waals surface area contributed by atoms with Gasteiger partial charge in [0.1, 0.15) is 0 Å². The molecular weight excluding hydrogens is 1420 g/mol. The van der Waals surface area contributed by atoms with Crippen LogP contribution < -0.4 is 44.5 Å². The predicted molar refractivity (Wildman–Crippen MR) is 464 cm³/mol. The number of unbranched alkanes of at least 4 members (excludes halogenated alkanes) is 16. The third kappa shape index (κ3) is 11.1. The van der Waals surface area contributed by atoms with Crippen LogP contribution in [-0.4, -0.2) is 32.8 Å². The molecule has 13 heteroatoms. The molecule has 0 unspecified atom stereocenters. The summed E-state index contributed by atoms with van der Waals surface area (Å²) in [4.78, 5) is 129. The van der Waals surface area contributed by atoms with Gasteiger partial charge in [-0.15, -0.1) is 0 Å². The first-order valence-corrected chi connectivity index (χ1v) is 44.2. The van der Waals surface area contributed by atoms with Crippen LogP contribution in [0.25, 0.3) is 170 Å². The Hall–Kier alpha value is -8.64. The molecule has 12 aromatic carbocycles. The Kier molecular flexibility index (Phi) is 19.8. The van der Waals surface area contributed by atoms with E-state index in [0.717, 1.165) is 260 Å². The SMILES string of the molecule is CCCCCC(CCCCC)n1c(=O)c2ccc3c4ccc5c(=O)n(C(CCCCC)CCCCC)c(=O)c6cc7c8c([se]c9c%10cc%11c(=O)n(C(CCCCC)CCCCC)c(=O)c%12ccc%13c%14ccc%15c(=O)n(C(CCCCC)CCCCC)c(=O)c%16cc(c98)c(c%14c%15%16)c%10c%13c%12%11)c8cc(c1=O)c2c3c8c7c4c56. The molecule has 0 bridgehead atoms. The summed E-state index contributed by atoms with van der Waals surface area (Å²) in [6, 6.07) is 23.1. The van der Waals surface area contributed by atoms with Crippen LogP contribution in [0.4, 0.5) is 0 Å². The van der Waals surface area contributed by atoms with Crippen LogP contribution in [0.3, 0.4) is 0 Å². The summed E-state index contributed by atoms with van der Waals surface area (Å²) in [6.45, 7) is 17.5. The van der Waals surface area contributed by atoms with E-state index in [0.29, 0.717) is 116 Å². The van der Waals surface area contributed by atoms with E-state index in [-0.39, 0.29) is 68.6 Å². The van der Waals surface area contributed by atoms with Crippen LogP contribution in [-0.2, 0) is 0 Å². The van der Waals surface area contributed by atoms with Crippen molar-refractivity contribution in [2.45, 2.75) is 285 Å². The monoisotopic (exact) mass is 1520 g/mol. The van der Waals surface area contributed by atoms with Gasteiger partial charge in [-0.3, -0.25) is 0 Å². The topological polar surface area (TPSA) is 156 Å². The van der Waals surface area contributed by atoms with E-state index in [1.165, 1.54) is 0 Å².